The minimum atomic E-state index is -0.466. The molecular formula is C23H16ClNO3. The van der Waals surface area contributed by atoms with Crippen molar-refractivity contribution in [2.75, 3.05) is 7.11 Å². The number of nitriles is 1. The van der Waals surface area contributed by atoms with E-state index in [4.69, 9.17) is 21.1 Å². The molecule has 0 atom stereocenters. The van der Waals surface area contributed by atoms with Crippen LogP contribution in [0.5, 0.6) is 11.5 Å². The number of nitrogens with zero attached hydrogens (tertiary/aromatic N) is 1. The van der Waals surface area contributed by atoms with Gasteiger partial charge in [0.15, 0.2) is 0 Å². The summed E-state index contributed by atoms with van der Waals surface area (Å²) in [5.41, 5.74) is 2.40. The highest BCUT2D eigenvalue weighted by Crippen LogP contribution is 2.27. The summed E-state index contributed by atoms with van der Waals surface area (Å²) in [6.45, 7) is 0. The fourth-order valence-electron chi connectivity index (χ4n) is 2.59. The largest absolute Gasteiger partial charge is 0.496 e. The molecule has 0 radical (unpaired) electrons. The maximum absolute atomic E-state index is 12.2. The molecule has 0 aliphatic rings. The van der Waals surface area contributed by atoms with Crippen molar-refractivity contribution in [3.05, 3.63) is 94.5 Å². The van der Waals surface area contributed by atoms with Crippen molar-refractivity contribution in [1.29, 1.82) is 5.26 Å². The quantitative estimate of drug-likeness (QED) is 0.245. The monoisotopic (exact) mass is 389 g/mol. The maximum atomic E-state index is 12.2. The lowest BCUT2D eigenvalue weighted by Gasteiger charge is -2.07. The molecule has 0 fully saturated rings. The van der Waals surface area contributed by atoms with E-state index in [2.05, 4.69) is 6.07 Å². The first-order valence-electron chi connectivity index (χ1n) is 8.43. The molecule has 0 spiro atoms. The number of rotatable bonds is 5. The average molecular weight is 390 g/mol. The van der Waals surface area contributed by atoms with Gasteiger partial charge in [0, 0.05) is 10.6 Å². The van der Waals surface area contributed by atoms with Crippen LogP contribution in [0.1, 0.15) is 21.5 Å². The first kappa shape index (κ1) is 19.2. The third-order valence-electron chi connectivity index (χ3n) is 4.00. The molecule has 0 aliphatic carbocycles. The Labute approximate surface area is 168 Å². The zero-order valence-corrected chi connectivity index (χ0v) is 15.8. The first-order chi connectivity index (χ1) is 13.6. The molecule has 0 N–H and O–H groups in total. The van der Waals surface area contributed by atoms with Crippen molar-refractivity contribution in [2.45, 2.75) is 0 Å². The number of benzene rings is 3. The van der Waals surface area contributed by atoms with E-state index < -0.39 is 5.97 Å². The topological polar surface area (TPSA) is 59.3 Å². The molecule has 0 heterocycles. The molecule has 0 amide bonds. The molecule has 0 aliphatic heterocycles. The second-order valence-corrected chi connectivity index (χ2v) is 6.27. The van der Waals surface area contributed by atoms with Crippen LogP contribution in [0.3, 0.4) is 0 Å². The van der Waals surface area contributed by atoms with Gasteiger partial charge in [-0.25, -0.2) is 4.79 Å². The highest BCUT2D eigenvalue weighted by molar-refractivity contribution is 6.30. The molecule has 28 heavy (non-hydrogen) atoms. The summed E-state index contributed by atoms with van der Waals surface area (Å²) in [4.78, 5) is 12.2. The van der Waals surface area contributed by atoms with Crippen LogP contribution in [-0.2, 0) is 0 Å². The minimum Gasteiger partial charge on any atom is -0.496 e. The van der Waals surface area contributed by atoms with E-state index in [1.165, 1.54) is 0 Å². The molecule has 0 saturated carbocycles. The van der Waals surface area contributed by atoms with E-state index in [9.17, 15) is 10.1 Å². The summed E-state index contributed by atoms with van der Waals surface area (Å²) in [6.07, 6.45) is 1.75. The number of ether oxygens (including phenoxy) is 2. The van der Waals surface area contributed by atoms with Gasteiger partial charge < -0.3 is 9.47 Å². The Bertz CT molecular complexity index is 1050. The van der Waals surface area contributed by atoms with Gasteiger partial charge in [-0.15, -0.1) is 0 Å². The van der Waals surface area contributed by atoms with Gasteiger partial charge in [-0.3, -0.25) is 0 Å². The molecule has 0 bridgehead atoms. The second kappa shape index (κ2) is 8.90. The SMILES string of the molecule is COc1ccccc1/C(C#N)=C\c1ccc(OC(=O)c2ccc(Cl)cc2)cc1. The fraction of sp³-hybridized carbons (Fsp3) is 0.0435. The molecule has 3 aromatic rings. The van der Waals surface area contributed by atoms with Gasteiger partial charge in [0.1, 0.15) is 11.5 Å². The van der Waals surface area contributed by atoms with Gasteiger partial charge in [-0.2, -0.15) is 5.26 Å². The molecule has 4 nitrogen and oxygen atoms in total. The van der Waals surface area contributed by atoms with Crippen LogP contribution >= 0.6 is 11.6 Å². The van der Waals surface area contributed by atoms with Crippen LogP contribution in [0.2, 0.25) is 5.02 Å². The Morgan fingerprint density at radius 3 is 2.32 bits per heavy atom. The van der Waals surface area contributed by atoms with Crippen molar-refractivity contribution >= 4 is 29.2 Å². The molecule has 138 valence electrons. The summed E-state index contributed by atoms with van der Waals surface area (Å²) < 4.78 is 10.7. The van der Waals surface area contributed by atoms with Gasteiger partial charge >= 0.3 is 5.97 Å². The Hall–Kier alpha value is -3.55. The van der Waals surface area contributed by atoms with E-state index in [0.717, 1.165) is 5.56 Å². The van der Waals surface area contributed by atoms with Crippen LogP contribution in [-0.4, -0.2) is 13.1 Å². The molecule has 3 rings (SSSR count). The second-order valence-electron chi connectivity index (χ2n) is 5.84. The summed E-state index contributed by atoms with van der Waals surface area (Å²) in [7, 11) is 1.57. The number of para-hydroxylation sites is 1. The third kappa shape index (κ3) is 4.59. The predicted molar refractivity (Wildman–Crippen MR) is 109 cm³/mol. The molecule has 3 aromatic carbocycles. The van der Waals surface area contributed by atoms with E-state index >= 15 is 0 Å². The van der Waals surface area contributed by atoms with Crippen LogP contribution in [0.4, 0.5) is 0 Å². The Kier molecular flexibility index (Phi) is 6.11. The Balaban J connectivity index is 1.78. The Morgan fingerprint density at radius 1 is 1.00 bits per heavy atom. The maximum Gasteiger partial charge on any atom is 0.343 e. The molecule has 0 saturated heterocycles. The lowest BCUT2D eigenvalue weighted by atomic mass is 10.0. The molecular weight excluding hydrogens is 374 g/mol. The number of hydrogen-bond donors (Lipinski definition) is 0. The van der Waals surface area contributed by atoms with Gasteiger partial charge in [-0.05, 0) is 60.2 Å². The first-order valence-corrected chi connectivity index (χ1v) is 8.81. The minimum absolute atomic E-state index is 0.410. The summed E-state index contributed by atoms with van der Waals surface area (Å²) in [6, 6.07) is 22.9. The number of carbonyl (C=O) groups is 1. The zero-order valence-electron chi connectivity index (χ0n) is 15.1. The lowest BCUT2D eigenvalue weighted by Crippen LogP contribution is -2.08. The number of carbonyl (C=O) groups excluding carboxylic acids is 1. The van der Waals surface area contributed by atoms with Crippen molar-refractivity contribution in [2.24, 2.45) is 0 Å². The predicted octanol–water partition coefficient (Wildman–Crippen LogP) is 5.63. The normalized spacial score (nSPS) is 10.8. The lowest BCUT2D eigenvalue weighted by molar-refractivity contribution is 0.0735. The number of methoxy groups -OCH3 is 1. The number of esters is 1. The van der Waals surface area contributed by atoms with E-state index in [0.29, 0.717) is 33.2 Å². The summed E-state index contributed by atoms with van der Waals surface area (Å²) >= 11 is 5.82. The standard InChI is InChI=1S/C23H16ClNO3/c1-27-22-5-3-2-4-21(22)18(15-25)14-16-6-12-20(13-7-16)28-23(26)17-8-10-19(24)11-9-17/h2-14H,1H3/b18-14-. The third-order valence-corrected chi connectivity index (χ3v) is 4.25. The smallest absolute Gasteiger partial charge is 0.343 e. The molecule has 5 heteroatoms. The van der Waals surface area contributed by atoms with E-state index in [-0.39, 0.29) is 0 Å². The molecule has 0 aromatic heterocycles. The van der Waals surface area contributed by atoms with Crippen molar-refractivity contribution in [3.8, 4) is 17.6 Å². The Morgan fingerprint density at radius 2 is 1.68 bits per heavy atom. The van der Waals surface area contributed by atoms with Crippen molar-refractivity contribution < 1.29 is 14.3 Å². The van der Waals surface area contributed by atoms with Crippen LogP contribution in [0, 0.1) is 11.3 Å². The van der Waals surface area contributed by atoms with Crippen molar-refractivity contribution in [1.82, 2.24) is 0 Å². The number of allylic oxidation sites excluding steroid dienone is 1. The summed E-state index contributed by atoms with van der Waals surface area (Å²) in [5, 5.41) is 10.1. The van der Waals surface area contributed by atoms with Gasteiger partial charge in [0.2, 0.25) is 0 Å². The van der Waals surface area contributed by atoms with Gasteiger partial charge in [-0.1, -0.05) is 35.9 Å². The van der Waals surface area contributed by atoms with Gasteiger partial charge in [0.05, 0.1) is 24.3 Å². The van der Waals surface area contributed by atoms with Crippen LogP contribution in [0.15, 0.2) is 72.8 Å². The van der Waals surface area contributed by atoms with E-state index in [1.807, 2.05) is 18.2 Å². The van der Waals surface area contributed by atoms with E-state index in [1.54, 1.807) is 67.8 Å². The fourth-order valence-corrected chi connectivity index (χ4v) is 2.71. The number of hydrogen-bond acceptors (Lipinski definition) is 4. The van der Waals surface area contributed by atoms with Crippen LogP contribution in [0.25, 0.3) is 11.6 Å². The average Bonchev–Trinajstić information content (AvgIpc) is 2.73. The van der Waals surface area contributed by atoms with Crippen molar-refractivity contribution in [3.63, 3.8) is 0 Å². The zero-order chi connectivity index (χ0) is 19.9. The van der Waals surface area contributed by atoms with Crippen LogP contribution < -0.4 is 9.47 Å². The summed E-state index contributed by atoms with van der Waals surface area (Å²) in [5.74, 6) is 0.573. The number of halogens is 1. The highest BCUT2D eigenvalue weighted by atomic mass is 35.5. The highest BCUT2D eigenvalue weighted by Gasteiger charge is 2.10. The van der Waals surface area contributed by atoms with Gasteiger partial charge in [0.25, 0.3) is 0 Å². The molecule has 0 unspecified atom stereocenters.